The number of nitrogens with zero attached hydrogens (tertiary/aromatic N) is 1. The van der Waals surface area contributed by atoms with Crippen LogP contribution in [-0.2, 0) is 11.3 Å². The van der Waals surface area contributed by atoms with Crippen LogP contribution in [-0.4, -0.2) is 36.7 Å². The SMILES string of the molecule is c1ccc2c(c1)COCC2NC1CCN(C2CC2)C1. The van der Waals surface area contributed by atoms with Gasteiger partial charge in [-0.1, -0.05) is 24.3 Å². The van der Waals surface area contributed by atoms with Crippen LogP contribution in [0.1, 0.15) is 36.4 Å². The number of hydrogen-bond donors (Lipinski definition) is 1. The summed E-state index contributed by atoms with van der Waals surface area (Å²) in [5.41, 5.74) is 2.79. The number of nitrogens with one attached hydrogen (secondary N) is 1. The largest absolute Gasteiger partial charge is 0.375 e. The van der Waals surface area contributed by atoms with Crippen molar-refractivity contribution in [1.82, 2.24) is 10.2 Å². The van der Waals surface area contributed by atoms with Crippen molar-refractivity contribution in [2.45, 2.75) is 44.0 Å². The van der Waals surface area contributed by atoms with Crippen molar-refractivity contribution in [3.05, 3.63) is 35.4 Å². The zero-order chi connectivity index (χ0) is 12.7. The summed E-state index contributed by atoms with van der Waals surface area (Å²) in [4.78, 5) is 2.66. The molecule has 1 aromatic carbocycles. The Morgan fingerprint density at radius 3 is 2.95 bits per heavy atom. The summed E-state index contributed by atoms with van der Waals surface area (Å²) in [5.74, 6) is 0. The predicted octanol–water partition coefficient (Wildman–Crippen LogP) is 2.08. The molecule has 1 aromatic rings. The van der Waals surface area contributed by atoms with Crippen molar-refractivity contribution in [2.24, 2.45) is 0 Å². The van der Waals surface area contributed by atoms with E-state index in [0.717, 1.165) is 19.3 Å². The minimum atomic E-state index is 0.383. The van der Waals surface area contributed by atoms with Crippen molar-refractivity contribution in [2.75, 3.05) is 19.7 Å². The van der Waals surface area contributed by atoms with Crippen molar-refractivity contribution in [3.63, 3.8) is 0 Å². The van der Waals surface area contributed by atoms with E-state index in [1.54, 1.807) is 0 Å². The van der Waals surface area contributed by atoms with Crippen LogP contribution >= 0.6 is 0 Å². The molecule has 1 saturated carbocycles. The van der Waals surface area contributed by atoms with Gasteiger partial charge in [0.25, 0.3) is 0 Å². The molecule has 0 radical (unpaired) electrons. The Morgan fingerprint density at radius 2 is 2.05 bits per heavy atom. The van der Waals surface area contributed by atoms with Crippen LogP contribution < -0.4 is 5.32 Å². The molecule has 2 heterocycles. The molecule has 1 N–H and O–H groups in total. The Hall–Kier alpha value is -0.900. The van der Waals surface area contributed by atoms with E-state index in [4.69, 9.17) is 4.74 Å². The first-order valence-corrected chi connectivity index (χ1v) is 7.56. The topological polar surface area (TPSA) is 24.5 Å². The zero-order valence-corrected chi connectivity index (χ0v) is 11.3. The first kappa shape index (κ1) is 11.9. The van der Waals surface area contributed by atoms with Crippen LogP contribution in [0.3, 0.4) is 0 Å². The van der Waals surface area contributed by atoms with E-state index in [0.29, 0.717) is 12.1 Å². The van der Waals surface area contributed by atoms with Gasteiger partial charge in [0.05, 0.1) is 19.3 Å². The monoisotopic (exact) mass is 258 g/mol. The quantitative estimate of drug-likeness (QED) is 0.898. The number of ether oxygens (including phenoxy) is 1. The maximum Gasteiger partial charge on any atom is 0.0721 e. The summed E-state index contributed by atoms with van der Waals surface area (Å²) in [6, 6.07) is 10.6. The lowest BCUT2D eigenvalue weighted by Crippen LogP contribution is -2.39. The Morgan fingerprint density at radius 1 is 1.16 bits per heavy atom. The number of likely N-dealkylation sites (tertiary alicyclic amines) is 1. The second-order valence-corrected chi connectivity index (χ2v) is 6.14. The van der Waals surface area contributed by atoms with Gasteiger partial charge in [-0.05, 0) is 30.4 Å². The van der Waals surface area contributed by atoms with Gasteiger partial charge in [0.1, 0.15) is 0 Å². The van der Waals surface area contributed by atoms with Crippen molar-refractivity contribution in [3.8, 4) is 0 Å². The highest BCUT2D eigenvalue weighted by atomic mass is 16.5. The number of benzene rings is 1. The molecule has 0 bridgehead atoms. The van der Waals surface area contributed by atoms with E-state index in [1.165, 1.54) is 43.5 Å². The summed E-state index contributed by atoms with van der Waals surface area (Å²) < 4.78 is 5.73. The standard InChI is InChI=1S/C16H22N2O/c1-2-4-15-12(3-1)10-19-11-16(15)17-13-7-8-18(9-13)14-5-6-14/h1-4,13-14,16-17H,5-11H2. The molecule has 3 aliphatic rings. The Balaban J connectivity index is 1.43. The average Bonchev–Trinajstić information content (AvgIpc) is 3.20. The molecular formula is C16H22N2O. The van der Waals surface area contributed by atoms with Crippen LogP contribution in [0.15, 0.2) is 24.3 Å². The maximum atomic E-state index is 5.73. The van der Waals surface area contributed by atoms with Gasteiger partial charge in [0, 0.05) is 25.2 Å². The Bertz CT molecular complexity index is 458. The maximum absolute atomic E-state index is 5.73. The van der Waals surface area contributed by atoms with Crippen LogP contribution in [0.25, 0.3) is 0 Å². The molecule has 1 aliphatic carbocycles. The fraction of sp³-hybridized carbons (Fsp3) is 0.625. The molecule has 4 rings (SSSR count). The molecule has 2 fully saturated rings. The first-order valence-electron chi connectivity index (χ1n) is 7.56. The average molecular weight is 258 g/mol. The molecular weight excluding hydrogens is 236 g/mol. The number of hydrogen-bond acceptors (Lipinski definition) is 3. The highest BCUT2D eigenvalue weighted by Gasteiger charge is 2.35. The van der Waals surface area contributed by atoms with E-state index in [9.17, 15) is 0 Å². The molecule has 0 amide bonds. The summed E-state index contributed by atoms with van der Waals surface area (Å²) in [5, 5.41) is 3.82. The second kappa shape index (κ2) is 4.89. The number of rotatable bonds is 3. The molecule has 0 aromatic heterocycles. The second-order valence-electron chi connectivity index (χ2n) is 6.14. The van der Waals surface area contributed by atoms with Crippen LogP contribution in [0.4, 0.5) is 0 Å². The molecule has 3 heteroatoms. The zero-order valence-electron chi connectivity index (χ0n) is 11.3. The third-order valence-electron chi connectivity index (χ3n) is 4.69. The highest BCUT2D eigenvalue weighted by Crippen LogP contribution is 2.31. The van der Waals surface area contributed by atoms with Gasteiger partial charge in [0.15, 0.2) is 0 Å². The molecule has 3 nitrogen and oxygen atoms in total. The molecule has 1 saturated heterocycles. The smallest absolute Gasteiger partial charge is 0.0721 e. The summed E-state index contributed by atoms with van der Waals surface area (Å²) >= 11 is 0. The molecule has 19 heavy (non-hydrogen) atoms. The minimum Gasteiger partial charge on any atom is -0.375 e. The van der Waals surface area contributed by atoms with Gasteiger partial charge >= 0.3 is 0 Å². The predicted molar refractivity (Wildman–Crippen MR) is 75.0 cm³/mol. The molecule has 2 unspecified atom stereocenters. The van der Waals surface area contributed by atoms with Crippen molar-refractivity contribution in [1.29, 1.82) is 0 Å². The van der Waals surface area contributed by atoms with Gasteiger partial charge in [-0.25, -0.2) is 0 Å². The Labute approximate surface area is 114 Å². The summed E-state index contributed by atoms with van der Waals surface area (Å²) in [7, 11) is 0. The van der Waals surface area contributed by atoms with Crippen LogP contribution in [0.5, 0.6) is 0 Å². The van der Waals surface area contributed by atoms with E-state index in [2.05, 4.69) is 34.5 Å². The normalized spacial score (nSPS) is 31.4. The summed E-state index contributed by atoms with van der Waals surface area (Å²) in [6.07, 6.45) is 4.12. The van der Waals surface area contributed by atoms with Gasteiger partial charge in [0.2, 0.25) is 0 Å². The molecule has 102 valence electrons. The number of fused-ring (bicyclic) bond motifs is 1. The van der Waals surface area contributed by atoms with Gasteiger partial charge in [-0.15, -0.1) is 0 Å². The van der Waals surface area contributed by atoms with E-state index in [-0.39, 0.29) is 0 Å². The summed E-state index contributed by atoms with van der Waals surface area (Å²) in [6.45, 7) is 4.09. The fourth-order valence-electron chi connectivity index (χ4n) is 3.50. The van der Waals surface area contributed by atoms with Crippen molar-refractivity contribution < 1.29 is 4.74 Å². The van der Waals surface area contributed by atoms with Gasteiger partial charge in [-0.2, -0.15) is 0 Å². The van der Waals surface area contributed by atoms with Crippen LogP contribution in [0, 0.1) is 0 Å². The van der Waals surface area contributed by atoms with Crippen LogP contribution in [0.2, 0.25) is 0 Å². The lowest BCUT2D eigenvalue weighted by atomic mass is 9.98. The van der Waals surface area contributed by atoms with Crippen molar-refractivity contribution >= 4 is 0 Å². The highest BCUT2D eigenvalue weighted by molar-refractivity contribution is 5.31. The van der Waals surface area contributed by atoms with Gasteiger partial charge < -0.3 is 10.1 Å². The molecule has 2 aliphatic heterocycles. The lowest BCUT2D eigenvalue weighted by Gasteiger charge is -2.29. The Kier molecular flexibility index (Phi) is 3.06. The lowest BCUT2D eigenvalue weighted by molar-refractivity contribution is 0.0786. The fourth-order valence-corrected chi connectivity index (χ4v) is 3.50. The molecule has 2 atom stereocenters. The first-order chi connectivity index (χ1) is 9.40. The van der Waals surface area contributed by atoms with E-state index >= 15 is 0 Å². The third kappa shape index (κ3) is 2.42. The molecule has 0 spiro atoms. The van der Waals surface area contributed by atoms with E-state index in [1.807, 2.05) is 0 Å². The van der Waals surface area contributed by atoms with E-state index < -0.39 is 0 Å². The minimum absolute atomic E-state index is 0.383. The van der Waals surface area contributed by atoms with Gasteiger partial charge in [-0.3, -0.25) is 4.90 Å². The third-order valence-corrected chi connectivity index (χ3v) is 4.69.